The molecule has 0 radical (unpaired) electrons. The van der Waals surface area contributed by atoms with Gasteiger partial charge in [0.25, 0.3) is 5.91 Å². The van der Waals surface area contributed by atoms with E-state index < -0.39 is 12.2 Å². The predicted octanol–water partition coefficient (Wildman–Crippen LogP) is 1.45. The molecule has 2 atom stereocenters. The molecular formula is C15H19NO4. The number of hydrogen-bond donors (Lipinski definition) is 2. The fourth-order valence-corrected chi connectivity index (χ4v) is 2.03. The first-order valence-electron chi connectivity index (χ1n) is 6.57. The standard InChI is InChI=1S/C15H19NO4/c1-10-6-13(15(16)18)20-14(7-10)19-9-12-4-2-11(8-17)3-5-12/h2-6,10,14,17H,7-9H2,1H3,(H2,16,18)/t10-,14+/m0/s1. The Bertz CT molecular complexity index is 495. The monoisotopic (exact) mass is 277 g/mol. The summed E-state index contributed by atoms with van der Waals surface area (Å²) in [5.41, 5.74) is 7.06. The molecule has 5 heteroatoms. The number of hydrogen-bond acceptors (Lipinski definition) is 4. The molecule has 0 saturated carbocycles. The summed E-state index contributed by atoms with van der Waals surface area (Å²) in [4.78, 5) is 11.1. The summed E-state index contributed by atoms with van der Waals surface area (Å²) in [7, 11) is 0. The Morgan fingerprint density at radius 3 is 2.65 bits per heavy atom. The minimum Gasteiger partial charge on any atom is -0.459 e. The fourth-order valence-electron chi connectivity index (χ4n) is 2.03. The molecule has 3 N–H and O–H groups in total. The van der Waals surface area contributed by atoms with E-state index in [0.29, 0.717) is 13.0 Å². The largest absolute Gasteiger partial charge is 0.459 e. The van der Waals surface area contributed by atoms with E-state index in [2.05, 4.69) is 0 Å². The molecule has 1 heterocycles. The second-order valence-corrected chi connectivity index (χ2v) is 4.94. The van der Waals surface area contributed by atoms with E-state index in [0.717, 1.165) is 11.1 Å². The molecule has 0 aliphatic carbocycles. The third-order valence-electron chi connectivity index (χ3n) is 3.14. The number of aliphatic hydroxyl groups is 1. The topological polar surface area (TPSA) is 81.8 Å². The van der Waals surface area contributed by atoms with Crippen LogP contribution in [0.3, 0.4) is 0 Å². The van der Waals surface area contributed by atoms with Gasteiger partial charge in [-0.15, -0.1) is 0 Å². The molecule has 1 aromatic carbocycles. The van der Waals surface area contributed by atoms with Crippen molar-refractivity contribution < 1.29 is 19.4 Å². The van der Waals surface area contributed by atoms with E-state index in [-0.39, 0.29) is 18.3 Å². The van der Waals surface area contributed by atoms with Crippen LogP contribution in [0.1, 0.15) is 24.5 Å². The van der Waals surface area contributed by atoms with E-state index in [9.17, 15) is 4.79 Å². The molecule has 0 aromatic heterocycles. The molecule has 0 saturated heterocycles. The maximum absolute atomic E-state index is 11.1. The van der Waals surface area contributed by atoms with Crippen molar-refractivity contribution in [1.29, 1.82) is 0 Å². The van der Waals surface area contributed by atoms with E-state index in [1.807, 2.05) is 31.2 Å². The number of rotatable bonds is 5. The summed E-state index contributed by atoms with van der Waals surface area (Å²) in [5.74, 6) is -0.213. The first kappa shape index (κ1) is 14.6. The molecule has 2 rings (SSSR count). The number of allylic oxidation sites excluding steroid dienone is 1. The summed E-state index contributed by atoms with van der Waals surface area (Å²) < 4.78 is 11.1. The van der Waals surface area contributed by atoms with Gasteiger partial charge in [0.2, 0.25) is 6.29 Å². The summed E-state index contributed by atoms with van der Waals surface area (Å²) in [5, 5.41) is 8.97. The first-order chi connectivity index (χ1) is 9.58. The van der Waals surface area contributed by atoms with Gasteiger partial charge in [-0.25, -0.2) is 0 Å². The van der Waals surface area contributed by atoms with Gasteiger partial charge < -0.3 is 20.3 Å². The molecule has 1 aliphatic rings. The lowest BCUT2D eigenvalue weighted by Gasteiger charge is -2.26. The summed E-state index contributed by atoms with van der Waals surface area (Å²) in [6, 6.07) is 7.47. The van der Waals surface area contributed by atoms with Crippen molar-refractivity contribution in [3.63, 3.8) is 0 Å². The molecule has 0 spiro atoms. The average Bonchev–Trinajstić information content (AvgIpc) is 2.45. The molecule has 5 nitrogen and oxygen atoms in total. The molecule has 1 amide bonds. The minimum atomic E-state index is -0.572. The zero-order valence-electron chi connectivity index (χ0n) is 11.4. The first-order valence-corrected chi connectivity index (χ1v) is 6.57. The maximum atomic E-state index is 11.1. The lowest BCUT2D eigenvalue weighted by Crippen LogP contribution is -2.29. The summed E-state index contributed by atoms with van der Waals surface area (Å²) in [6.07, 6.45) is 1.94. The van der Waals surface area contributed by atoms with Crippen molar-refractivity contribution in [2.24, 2.45) is 11.7 Å². The van der Waals surface area contributed by atoms with E-state index in [1.54, 1.807) is 6.08 Å². The van der Waals surface area contributed by atoms with Gasteiger partial charge in [-0.05, 0) is 23.1 Å². The van der Waals surface area contributed by atoms with Crippen molar-refractivity contribution >= 4 is 5.91 Å². The zero-order chi connectivity index (χ0) is 14.5. The Hall–Kier alpha value is -1.85. The summed E-state index contributed by atoms with van der Waals surface area (Å²) >= 11 is 0. The molecule has 20 heavy (non-hydrogen) atoms. The van der Waals surface area contributed by atoms with Crippen LogP contribution >= 0.6 is 0 Å². The Balaban J connectivity index is 1.90. The number of carbonyl (C=O) groups excluding carboxylic acids is 1. The minimum absolute atomic E-state index is 0.0250. The Morgan fingerprint density at radius 1 is 1.40 bits per heavy atom. The van der Waals surface area contributed by atoms with Gasteiger partial charge in [-0.1, -0.05) is 31.2 Å². The van der Waals surface area contributed by atoms with Crippen LogP contribution in [-0.4, -0.2) is 17.3 Å². The smallest absolute Gasteiger partial charge is 0.283 e. The highest BCUT2D eigenvalue weighted by molar-refractivity contribution is 5.89. The molecule has 1 aromatic rings. The number of ether oxygens (including phenoxy) is 2. The van der Waals surface area contributed by atoms with Crippen LogP contribution in [0.4, 0.5) is 0 Å². The molecule has 0 unspecified atom stereocenters. The quantitative estimate of drug-likeness (QED) is 0.853. The molecule has 108 valence electrons. The Morgan fingerprint density at radius 2 is 2.05 bits per heavy atom. The van der Waals surface area contributed by atoms with Crippen LogP contribution in [0.5, 0.6) is 0 Å². The van der Waals surface area contributed by atoms with Crippen molar-refractivity contribution in [3.8, 4) is 0 Å². The fraction of sp³-hybridized carbons (Fsp3) is 0.400. The van der Waals surface area contributed by atoms with Crippen LogP contribution in [-0.2, 0) is 27.5 Å². The third-order valence-corrected chi connectivity index (χ3v) is 3.14. The second-order valence-electron chi connectivity index (χ2n) is 4.94. The number of nitrogens with two attached hydrogens (primary N) is 1. The van der Waals surface area contributed by atoms with Crippen LogP contribution in [0, 0.1) is 5.92 Å². The van der Waals surface area contributed by atoms with Crippen LogP contribution in [0.2, 0.25) is 0 Å². The van der Waals surface area contributed by atoms with Crippen molar-refractivity contribution in [2.45, 2.75) is 32.8 Å². The number of primary amides is 1. The highest BCUT2D eigenvalue weighted by atomic mass is 16.7. The second kappa shape index (κ2) is 6.54. The number of amides is 1. The Labute approximate surface area is 118 Å². The van der Waals surface area contributed by atoms with Crippen LogP contribution < -0.4 is 5.73 Å². The number of benzene rings is 1. The average molecular weight is 277 g/mol. The highest BCUT2D eigenvalue weighted by Gasteiger charge is 2.24. The van der Waals surface area contributed by atoms with E-state index >= 15 is 0 Å². The lowest BCUT2D eigenvalue weighted by molar-refractivity contribution is -0.151. The highest BCUT2D eigenvalue weighted by Crippen LogP contribution is 2.23. The van der Waals surface area contributed by atoms with Crippen molar-refractivity contribution in [1.82, 2.24) is 0 Å². The van der Waals surface area contributed by atoms with Crippen LogP contribution in [0.25, 0.3) is 0 Å². The number of aliphatic hydroxyl groups excluding tert-OH is 1. The van der Waals surface area contributed by atoms with Gasteiger partial charge in [0.05, 0.1) is 13.2 Å². The van der Waals surface area contributed by atoms with Gasteiger partial charge in [-0.3, -0.25) is 4.79 Å². The van der Waals surface area contributed by atoms with Crippen LogP contribution in [0.15, 0.2) is 36.1 Å². The van der Waals surface area contributed by atoms with Gasteiger partial charge in [0, 0.05) is 6.42 Å². The molecule has 0 fully saturated rings. The lowest BCUT2D eigenvalue weighted by atomic mass is 10.0. The van der Waals surface area contributed by atoms with E-state index in [1.165, 1.54) is 0 Å². The normalized spacial score (nSPS) is 22.0. The predicted molar refractivity (Wildman–Crippen MR) is 73.1 cm³/mol. The molecule has 0 bridgehead atoms. The Kier molecular flexibility index (Phi) is 4.76. The van der Waals surface area contributed by atoms with Gasteiger partial charge in [0.1, 0.15) is 0 Å². The van der Waals surface area contributed by atoms with Gasteiger partial charge >= 0.3 is 0 Å². The number of carbonyl (C=O) groups is 1. The maximum Gasteiger partial charge on any atom is 0.283 e. The van der Waals surface area contributed by atoms with Gasteiger partial charge in [0.15, 0.2) is 5.76 Å². The molecular weight excluding hydrogens is 258 g/mol. The zero-order valence-corrected chi connectivity index (χ0v) is 11.4. The van der Waals surface area contributed by atoms with Gasteiger partial charge in [-0.2, -0.15) is 0 Å². The van der Waals surface area contributed by atoms with Crippen molar-refractivity contribution in [3.05, 3.63) is 47.2 Å². The summed E-state index contributed by atoms with van der Waals surface area (Å²) in [6.45, 7) is 2.39. The van der Waals surface area contributed by atoms with Crippen molar-refractivity contribution in [2.75, 3.05) is 0 Å². The SMILES string of the molecule is C[C@H]1C=C(C(N)=O)O[C@@H](OCc2ccc(CO)cc2)C1. The van der Waals surface area contributed by atoms with E-state index in [4.69, 9.17) is 20.3 Å². The molecule has 1 aliphatic heterocycles. The third kappa shape index (κ3) is 3.82.